The van der Waals surface area contributed by atoms with E-state index in [1.54, 1.807) is 22.9 Å². The number of aromatic nitrogens is 2. The van der Waals surface area contributed by atoms with Crippen molar-refractivity contribution in [3.05, 3.63) is 41.1 Å². The van der Waals surface area contributed by atoms with Gasteiger partial charge in [0.25, 0.3) is 10.0 Å². The summed E-state index contributed by atoms with van der Waals surface area (Å²) in [6, 6.07) is 7.06. The van der Waals surface area contributed by atoms with Gasteiger partial charge in [-0.25, -0.2) is 8.42 Å². The van der Waals surface area contributed by atoms with E-state index in [1.807, 2.05) is 13.1 Å². The summed E-state index contributed by atoms with van der Waals surface area (Å²) in [5.74, 6) is 0. The molecule has 0 saturated carbocycles. The molecular weight excluding hydrogens is 356 g/mol. The van der Waals surface area contributed by atoms with Gasteiger partial charge in [0, 0.05) is 17.2 Å². The first-order valence-corrected chi connectivity index (χ1v) is 8.75. The topological polar surface area (TPSA) is 76.0 Å². The molecule has 0 radical (unpaired) electrons. The predicted octanol–water partition coefficient (Wildman–Crippen LogP) is 2.06. The van der Waals surface area contributed by atoms with Crippen molar-refractivity contribution in [2.75, 3.05) is 18.3 Å². The average Bonchev–Trinajstić information content (AvgIpc) is 2.91. The Morgan fingerprint density at radius 1 is 1.33 bits per heavy atom. The highest BCUT2D eigenvalue weighted by Gasteiger charge is 2.17. The molecule has 0 aliphatic carbocycles. The van der Waals surface area contributed by atoms with Crippen LogP contribution in [0.1, 0.15) is 6.42 Å². The van der Waals surface area contributed by atoms with Crippen LogP contribution in [0.3, 0.4) is 0 Å². The molecule has 0 atom stereocenters. The minimum absolute atomic E-state index is 0.155. The molecule has 6 nitrogen and oxygen atoms in total. The quantitative estimate of drug-likeness (QED) is 0.729. The van der Waals surface area contributed by atoms with Gasteiger partial charge in [0.1, 0.15) is 4.90 Å². The van der Waals surface area contributed by atoms with Gasteiger partial charge in [-0.3, -0.25) is 9.40 Å². The maximum Gasteiger partial charge on any atom is 0.265 e. The number of sulfonamides is 1. The van der Waals surface area contributed by atoms with Crippen molar-refractivity contribution >= 4 is 31.6 Å². The fourth-order valence-corrected chi connectivity index (χ4v) is 3.32. The smallest absolute Gasteiger partial charge is 0.265 e. The third kappa shape index (κ3) is 4.29. The predicted molar refractivity (Wildman–Crippen MR) is 85.7 cm³/mol. The van der Waals surface area contributed by atoms with Crippen LogP contribution in [0.5, 0.6) is 0 Å². The number of benzene rings is 1. The number of aryl methyl sites for hydroxylation is 1. The number of hydrogen-bond donors (Lipinski definition) is 2. The lowest BCUT2D eigenvalue weighted by molar-refractivity contribution is 0.561. The van der Waals surface area contributed by atoms with Gasteiger partial charge in [0.05, 0.1) is 11.9 Å². The summed E-state index contributed by atoms with van der Waals surface area (Å²) in [7, 11) is -1.75. The molecular formula is C13H17BrN4O2S. The van der Waals surface area contributed by atoms with E-state index in [0.29, 0.717) is 16.7 Å². The van der Waals surface area contributed by atoms with Crippen LogP contribution in [0.15, 0.2) is 46.0 Å². The standard InChI is InChI=1S/C13H17BrN4O2S/c1-15-7-4-8-18-10-11(9-16-18)21(19,20)17-13-6-3-2-5-12(13)14/h2-3,5-6,9-10,15,17H,4,7-8H2,1H3. The summed E-state index contributed by atoms with van der Waals surface area (Å²) >= 11 is 3.31. The van der Waals surface area contributed by atoms with E-state index in [-0.39, 0.29) is 4.90 Å². The largest absolute Gasteiger partial charge is 0.320 e. The van der Waals surface area contributed by atoms with Gasteiger partial charge in [0.2, 0.25) is 0 Å². The molecule has 0 spiro atoms. The van der Waals surface area contributed by atoms with Crippen molar-refractivity contribution in [3.63, 3.8) is 0 Å². The third-order valence-corrected chi connectivity index (χ3v) is 4.86. The monoisotopic (exact) mass is 372 g/mol. The Balaban J connectivity index is 2.11. The maximum atomic E-state index is 12.3. The van der Waals surface area contributed by atoms with Crippen LogP contribution < -0.4 is 10.0 Å². The lowest BCUT2D eigenvalue weighted by Crippen LogP contribution is -2.13. The van der Waals surface area contributed by atoms with E-state index in [0.717, 1.165) is 13.0 Å². The van der Waals surface area contributed by atoms with Crippen molar-refractivity contribution in [1.82, 2.24) is 15.1 Å². The van der Waals surface area contributed by atoms with E-state index in [9.17, 15) is 8.42 Å². The average molecular weight is 373 g/mol. The summed E-state index contributed by atoms with van der Waals surface area (Å²) < 4.78 is 29.5. The Kier molecular flexibility index (Phi) is 5.38. The molecule has 2 rings (SSSR count). The number of halogens is 1. The SMILES string of the molecule is CNCCCn1cc(S(=O)(=O)Nc2ccccc2Br)cn1. The molecule has 1 heterocycles. The van der Waals surface area contributed by atoms with Gasteiger partial charge in [-0.2, -0.15) is 5.10 Å². The van der Waals surface area contributed by atoms with Gasteiger partial charge in [-0.15, -0.1) is 0 Å². The van der Waals surface area contributed by atoms with Crippen LogP contribution in [0.2, 0.25) is 0 Å². The number of rotatable bonds is 7. The van der Waals surface area contributed by atoms with E-state index in [2.05, 4.69) is 31.1 Å². The molecule has 0 bridgehead atoms. The van der Waals surface area contributed by atoms with Crippen molar-refractivity contribution in [2.24, 2.45) is 0 Å². The number of anilines is 1. The van der Waals surface area contributed by atoms with Crippen molar-refractivity contribution < 1.29 is 8.42 Å². The first-order valence-electron chi connectivity index (χ1n) is 6.47. The molecule has 0 amide bonds. The zero-order chi connectivity index (χ0) is 15.3. The summed E-state index contributed by atoms with van der Waals surface area (Å²) in [5.41, 5.74) is 0.500. The van der Waals surface area contributed by atoms with Crippen LogP contribution in [-0.2, 0) is 16.6 Å². The summed E-state index contributed by atoms with van der Waals surface area (Å²) in [5, 5.41) is 7.11. The molecule has 0 unspecified atom stereocenters. The van der Waals surface area contributed by atoms with E-state index in [4.69, 9.17) is 0 Å². The first kappa shape index (κ1) is 16.0. The van der Waals surface area contributed by atoms with Crippen molar-refractivity contribution in [2.45, 2.75) is 17.9 Å². The second kappa shape index (κ2) is 7.06. The van der Waals surface area contributed by atoms with Gasteiger partial charge < -0.3 is 5.32 Å². The first-order chi connectivity index (χ1) is 10.0. The molecule has 0 aliphatic heterocycles. The molecule has 21 heavy (non-hydrogen) atoms. The van der Waals surface area contributed by atoms with E-state index >= 15 is 0 Å². The minimum Gasteiger partial charge on any atom is -0.320 e. The number of nitrogens with one attached hydrogen (secondary N) is 2. The van der Waals surface area contributed by atoms with Crippen LogP contribution in [-0.4, -0.2) is 31.8 Å². The number of nitrogens with zero attached hydrogens (tertiary/aromatic N) is 2. The molecule has 2 aromatic rings. The Morgan fingerprint density at radius 3 is 2.81 bits per heavy atom. The Morgan fingerprint density at radius 2 is 2.10 bits per heavy atom. The number of hydrogen-bond acceptors (Lipinski definition) is 4. The molecule has 0 saturated heterocycles. The highest BCUT2D eigenvalue weighted by molar-refractivity contribution is 9.10. The second-order valence-electron chi connectivity index (χ2n) is 4.48. The highest BCUT2D eigenvalue weighted by Crippen LogP contribution is 2.24. The van der Waals surface area contributed by atoms with Crippen molar-refractivity contribution in [3.8, 4) is 0 Å². The molecule has 0 aliphatic rings. The van der Waals surface area contributed by atoms with Crippen LogP contribution in [0.4, 0.5) is 5.69 Å². The normalized spacial score (nSPS) is 11.5. The van der Waals surface area contributed by atoms with Crippen molar-refractivity contribution in [1.29, 1.82) is 0 Å². The maximum absolute atomic E-state index is 12.3. The van der Waals surface area contributed by atoms with Crippen LogP contribution in [0, 0.1) is 0 Å². The molecule has 1 aromatic heterocycles. The van der Waals surface area contributed by atoms with Gasteiger partial charge in [-0.1, -0.05) is 12.1 Å². The summed E-state index contributed by atoms with van der Waals surface area (Å²) in [6.45, 7) is 1.53. The highest BCUT2D eigenvalue weighted by atomic mass is 79.9. The van der Waals surface area contributed by atoms with Gasteiger partial charge in [-0.05, 0) is 48.1 Å². The van der Waals surface area contributed by atoms with Crippen LogP contribution >= 0.6 is 15.9 Å². The van der Waals surface area contributed by atoms with Crippen LogP contribution in [0.25, 0.3) is 0 Å². The number of para-hydroxylation sites is 1. The molecule has 0 fully saturated rings. The lowest BCUT2D eigenvalue weighted by atomic mass is 10.3. The zero-order valence-electron chi connectivity index (χ0n) is 11.6. The molecule has 1 aromatic carbocycles. The minimum atomic E-state index is -3.62. The summed E-state index contributed by atoms with van der Waals surface area (Å²) in [4.78, 5) is 0.155. The van der Waals surface area contributed by atoms with Gasteiger partial charge in [0.15, 0.2) is 0 Å². The van der Waals surface area contributed by atoms with Gasteiger partial charge >= 0.3 is 0 Å². The molecule has 114 valence electrons. The fourth-order valence-electron chi connectivity index (χ4n) is 1.77. The third-order valence-electron chi connectivity index (χ3n) is 2.85. The van der Waals surface area contributed by atoms with E-state index < -0.39 is 10.0 Å². The zero-order valence-corrected chi connectivity index (χ0v) is 14.0. The molecule has 2 N–H and O–H groups in total. The van der Waals surface area contributed by atoms with E-state index in [1.165, 1.54) is 12.4 Å². The second-order valence-corrected chi connectivity index (χ2v) is 7.02. The molecule has 8 heteroatoms. The fraction of sp³-hybridized carbons (Fsp3) is 0.308. The Labute approximate surface area is 132 Å². The Hall–Kier alpha value is -1.38. The lowest BCUT2D eigenvalue weighted by Gasteiger charge is -2.07. The Bertz CT molecular complexity index is 700. The summed E-state index contributed by atoms with van der Waals surface area (Å²) in [6.07, 6.45) is 3.78.